The first kappa shape index (κ1) is 14.4. The summed E-state index contributed by atoms with van der Waals surface area (Å²) >= 11 is 0. The van der Waals surface area contributed by atoms with Crippen LogP contribution in [0.4, 0.5) is 14.9 Å². The van der Waals surface area contributed by atoms with E-state index in [1.165, 1.54) is 12.1 Å². The molecule has 1 rings (SSSR count). The van der Waals surface area contributed by atoms with E-state index in [0.717, 1.165) is 19.3 Å². The molecule has 0 aromatic heterocycles. The number of unbranched alkanes of at least 4 members (excludes halogenated alkanes) is 2. The number of benzene rings is 1. The molecule has 0 unspecified atom stereocenters. The number of halogens is 1. The molecule has 18 heavy (non-hydrogen) atoms. The van der Waals surface area contributed by atoms with Crippen LogP contribution in [0.1, 0.15) is 19.3 Å². The number of urea groups is 1. The third-order valence-electron chi connectivity index (χ3n) is 2.57. The van der Waals surface area contributed by atoms with Crippen LogP contribution in [0.2, 0.25) is 0 Å². The number of nitrogens with one attached hydrogen (secondary N) is 1. The van der Waals surface area contributed by atoms with Gasteiger partial charge in [-0.25, -0.2) is 9.18 Å². The number of nitrogens with zero attached hydrogens (tertiary/aromatic N) is 1. The van der Waals surface area contributed by atoms with Gasteiger partial charge < -0.3 is 15.3 Å². The first-order valence-corrected chi connectivity index (χ1v) is 6.02. The third-order valence-corrected chi connectivity index (χ3v) is 2.57. The van der Waals surface area contributed by atoms with Crippen LogP contribution in [0.25, 0.3) is 0 Å². The van der Waals surface area contributed by atoms with Crippen molar-refractivity contribution in [1.29, 1.82) is 0 Å². The van der Waals surface area contributed by atoms with E-state index in [1.54, 1.807) is 24.1 Å². The highest BCUT2D eigenvalue weighted by Gasteiger charge is 2.08. The van der Waals surface area contributed by atoms with E-state index in [9.17, 15) is 9.18 Å². The van der Waals surface area contributed by atoms with Crippen molar-refractivity contribution < 1.29 is 14.3 Å². The van der Waals surface area contributed by atoms with Gasteiger partial charge >= 0.3 is 6.03 Å². The molecule has 0 heterocycles. The lowest BCUT2D eigenvalue weighted by Crippen LogP contribution is -2.32. The molecule has 0 spiro atoms. The second kappa shape index (κ2) is 7.66. The highest BCUT2D eigenvalue weighted by Crippen LogP contribution is 2.10. The van der Waals surface area contributed by atoms with Crippen LogP contribution in [0, 0.1) is 5.82 Å². The quantitative estimate of drug-likeness (QED) is 0.766. The molecule has 0 fully saturated rings. The van der Waals surface area contributed by atoms with Gasteiger partial charge in [0.05, 0.1) is 0 Å². The van der Waals surface area contributed by atoms with Gasteiger partial charge in [0.1, 0.15) is 5.82 Å². The number of amides is 2. The minimum absolute atomic E-state index is 0.180. The Morgan fingerprint density at radius 3 is 2.83 bits per heavy atom. The number of rotatable bonds is 6. The van der Waals surface area contributed by atoms with E-state index < -0.39 is 0 Å². The molecule has 1 aromatic carbocycles. The Morgan fingerprint density at radius 1 is 1.39 bits per heavy atom. The van der Waals surface area contributed by atoms with E-state index in [-0.39, 0.29) is 18.5 Å². The Bertz CT molecular complexity index is 385. The van der Waals surface area contributed by atoms with Crippen molar-refractivity contribution >= 4 is 11.7 Å². The van der Waals surface area contributed by atoms with Gasteiger partial charge in [-0.05, 0) is 37.5 Å². The Hall–Kier alpha value is -1.62. The van der Waals surface area contributed by atoms with Gasteiger partial charge in [0.15, 0.2) is 0 Å². The lowest BCUT2D eigenvalue weighted by molar-refractivity contribution is 0.220. The maximum Gasteiger partial charge on any atom is 0.321 e. The Labute approximate surface area is 106 Å². The zero-order valence-corrected chi connectivity index (χ0v) is 10.5. The fourth-order valence-electron chi connectivity index (χ4n) is 1.52. The summed E-state index contributed by atoms with van der Waals surface area (Å²) in [6.07, 6.45) is 2.47. The molecule has 0 aliphatic carbocycles. The minimum Gasteiger partial charge on any atom is -0.396 e. The number of aliphatic hydroxyl groups is 1. The normalized spacial score (nSPS) is 10.2. The lowest BCUT2D eigenvalue weighted by atomic mass is 10.2. The summed E-state index contributed by atoms with van der Waals surface area (Å²) in [7, 11) is 1.69. The summed E-state index contributed by atoms with van der Waals surface area (Å²) in [5, 5.41) is 11.3. The molecular weight excluding hydrogens is 235 g/mol. The van der Waals surface area contributed by atoms with Crippen molar-refractivity contribution in [3.05, 3.63) is 30.1 Å². The molecule has 0 aliphatic rings. The average molecular weight is 254 g/mol. The number of hydrogen-bond acceptors (Lipinski definition) is 2. The van der Waals surface area contributed by atoms with E-state index in [0.29, 0.717) is 12.2 Å². The summed E-state index contributed by atoms with van der Waals surface area (Å²) in [4.78, 5) is 13.3. The Kier molecular flexibility index (Phi) is 6.14. The van der Waals surface area contributed by atoms with Gasteiger partial charge in [-0.3, -0.25) is 0 Å². The molecule has 4 nitrogen and oxygen atoms in total. The molecule has 1 aromatic rings. The molecule has 0 saturated heterocycles. The van der Waals surface area contributed by atoms with Gasteiger partial charge in [-0.1, -0.05) is 6.07 Å². The molecule has 0 saturated carbocycles. The van der Waals surface area contributed by atoms with Crippen LogP contribution in [0.15, 0.2) is 24.3 Å². The predicted octanol–water partition coefficient (Wildman–Crippen LogP) is 2.45. The van der Waals surface area contributed by atoms with Crippen molar-refractivity contribution in [3.8, 4) is 0 Å². The highest BCUT2D eigenvalue weighted by atomic mass is 19.1. The van der Waals surface area contributed by atoms with Gasteiger partial charge in [0, 0.05) is 25.9 Å². The van der Waals surface area contributed by atoms with Crippen LogP contribution in [-0.2, 0) is 0 Å². The second-order valence-corrected chi connectivity index (χ2v) is 4.15. The molecule has 0 bridgehead atoms. The van der Waals surface area contributed by atoms with E-state index in [4.69, 9.17) is 5.11 Å². The third kappa shape index (κ3) is 5.14. The summed E-state index contributed by atoms with van der Waals surface area (Å²) < 4.78 is 12.9. The van der Waals surface area contributed by atoms with Crippen molar-refractivity contribution in [2.45, 2.75) is 19.3 Å². The van der Waals surface area contributed by atoms with E-state index in [2.05, 4.69) is 5.32 Å². The maximum atomic E-state index is 12.9. The van der Waals surface area contributed by atoms with Crippen molar-refractivity contribution in [1.82, 2.24) is 4.90 Å². The first-order valence-electron chi connectivity index (χ1n) is 6.02. The highest BCUT2D eigenvalue weighted by molar-refractivity contribution is 5.89. The SMILES string of the molecule is CN(CCCCCO)C(=O)Nc1cccc(F)c1. The standard InChI is InChI=1S/C13H19FN2O2/c1-16(8-3-2-4-9-17)13(18)15-12-7-5-6-11(14)10-12/h5-7,10,17H,2-4,8-9H2,1H3,(H,15,18). The Morgan fingerprint density at radius 2 is 2.17 bits per heavy atom. The summed E-state index contributed by atoms with van der Waals surface area (Å²) in [6.45, 7) is 0.792. The number of hydrogen-bond donors (Lipinski definition) is 2. The molecule has 0 aliphatic heterocycles. The number of carbonyl (C=O) groups excluding carboxylic acids is 1. The monoisotopic (exact) mass is 254 g/mol. The summed E-state index contributed by atoms with van der Waals surface area (Å²) in [5.41, 5.74) is 0.446. The molecule has 2 amide bonds. The number of carbonyl (C=O) groups is 1. The van der Waals surface area contributed by atoms with Crippen LogP contribution in [0.3, 0.4) is 0 Å². The Balaban J connectivity index is 2.35. The second-order valence-electron chi connectivity index (χ2n) is 4.15. The fraction of sp³-hybridized carbons (Fsp3) is 0.462. The van der Waals surface area contributed by atoms with Crippen molar-refractivity contribution in [2.24, 2.45) is 0 Å². The average Bonchev–Trinajstić information content (AvgIpc) is 2.34. The van der Waals surface area contributed by atoms with Gasteiger partial charge in [0.25, 0.3) is 0 Å². The van der Waals surface area contributed by atoms with E-state index in [1.807, 2.05) is 0 Å². The van der Waals surface area contributed by atoms with E-state index >= 15 is 0 Å². The predicted molar refractivity (Wildman–Crippen MR) is 69.0 cm³/mol. The maximum absolute atomic E-state index is 12.9. The van der Waals surface area contributed by atoms with Crippen molar-refractivity contribution in [3.63, 3.8) is 0 Å². The molecule has 5 heteroatoms. The zero-order valence-electron chi connectivity index (χ0n) is 10.5. The zero-order chi connectivity index (χ0) is 13.4. The van der Waals surface area contributed by atoms with Crippen LogP contribution >= 0.6 is 0 Å². The molecule has 0 radical (unpaired) electrons. The van der Waals surface area contributed by atoms with Gasteiger partial charge in [-0.15, -0.1) is 0 Å². The lowest BCUT2D eigenvalue weighted by Gasteiger charge is -2.17. The van der Waals surface area contributed by atoms with Crippen molar-refractivity contribution in [2.75, 3.05) is 25.5 Å². The van der Waals surface area contributed by atoms with Gasteiger partial charge in [-0.2, -0.15) is 0 Å². The van der Waals surface area contributed by atoms with Crippen LogP contribution < -0.4 is 5.32 Å². The molecule has 2 N–H and O–H groups in total. The number of anilines is 1. The topological polar surface area (TPSA) is 52.6 Å². The molecular formula is C13H19FN2O2. The largest absolute Gasteiger partial charge is 0.396 e. The summed E-state index contributed by atoms with van der Waals surface area (Å²) in [6, 6.07) is 5.53. The molecule has 0 atom stereocenters. The van der Waals surface area contributed by atoms with Gasteiger partial charge in [0.2, 0.25) is 0 Å². The van der Waals surface area contributed by atoms with Crippen LogP contribution in [-0.4, -0.2) is 36.2 Å². The summed E-state index contributed by atoms with van der Waals surface area (Å²) in [5.74, 6) is -0.376. The minimum atomic E-state index is -0.376. The fourth-order valence-corrected chi connectivity index (χ4v) is 1.52. The first-order chi connectivity index (χ1) is 8.63. The van der Waals surface area contributed by atoms with Crippen LogP contribution in [0.5, 0.6) is 0 Å². The number of aliphatic hydroxyl groups excluding tert-OH is 1. The smallest absolute Gasteiger partial charge is 0.321 e. The molecule has 100 valence electrons.